The van der Waals surface area contributed by atoms with Crippen molar-refractivity contribution < 1.29 is 14.2 Å². The predicted octanol–water partition coefficient (Wildman–Crippen LogP) is 3.01. The fraction of sp³-hybridized carbons (Fsp3) is 0.647. The lowest BCUT2D eigenvalue weighted by Gasteiger charge is -2.22. The highest BCUT2D eigenvalue weighted by molar-refractivity contribution is 5.33. The molecule has 1 aromatic rings. The van der Waals surface area contributed by atoms with Gasteiger partial charge in [-0.25, -0.2) is 0 Å². The van der Waals surface area contributed by atoms with E-state index in [1.54, 1.807) is 7.11 Å². The highest BCUT2D eigenvalue weighted by atomic mass is 16.5. The van der Waals surface area contributed by atoms with E-state index in [9.17, 15) is 0 Å². The SMILES string of the molecule is CCNCc1ccccc1OCCOCCC(C)(C)OC. The van der Waals surface area contributed by atoms with E-state index in [0.29, 0.717) is 19.8 Å². The van der Waals surface area contributed by atoms with Gasteiger partial charge in [0.2, 0.25) is 0 Å². The van der Waals surface area contributed by atoms with Gasteiger partial charge < -0.3 is 19.5 Å². The average Bonchev–Trinajstić information content (AvgIpc) is 2.49. The summed E-state index contributed by atoms with van der Waals surface area (Å²) in [6, 6.07) is 8.11. The van der Waals surface area contributed by atoms with Gasteiger partial charge in [-0.05, 0) is 32.9 Å². The van der Waals surface area contributed by atoms with Gasteiger partial charge in [-0.3, -0.25) is 0 Å². The average molecular weight is 295 g/mol. The van der Waals surface area contributed by atoms with E-state index in [1.807, 2.05) is 18.2 Å². The number of nitrogens with one attached hydrogen (secondary N) is 1. The van der Waals surface area contributed by atoms with Gasteiger partial charge in [0.25, 0.3) is 0 Å². The largest absolute Gasteiger partial charge is 0.491 e. The summed E-state index contributed by atoms with van der Waals surface area (Å²) >= 11 is 0. The zero-order valence-electron chi connectivity index (χ0n) is 13.8. The van der Waals surface area contributed by atoms with Crippen LogP contribution in [-0.2, 0) is 16.0 Å². The van der Waals surface area contributed by atoms with Gasteiger partial charge in [0, 0.05) is 25.8 Å². The predicted molar refractivity (Wildman–Crippen MR) is 85.8 cm³/mol. The third-order valence-electron chi connectivity index (χ3n) is 3.42. The molecule has 0 saturated heterocycles. The van der Waals surface area contributed by atoms with Crippen LogP contribution in [-0.4, -0.2) is 39.1 Å². The van der Waals surface area contributed by atoms with Gasteiger partial charge in [0.15, 0.2) is 0 Å². The molecule has 120 valence electrons. The molecule has 4 heteroatoms. The van der Waals surface area contributed by atoms with Crippen LogP contribution in [0.2, 0.25) is 0 Å². The molecule has 21 heavy (non-hydrogen) atoms. The Bertz CT molecular complexity index is 393. The van der Waals surface area contributed by atoms with Crippen molar-refractivity contribution in [3.05, 3.63) is 29.8 Å². The van der Waals surface area contributed by atoms with E-state index in [1.165, 1.54) is 5.56 Å². The normalized spacial score (nSPS) is 11.6. The first-order chi connectivity index (χ1) is 10.1. The molecule has 1 N–H and O–H groups in total. The maximum atomic E-state index is 5.80. The fourth-order valence-electron chi connectivity index (χ4n) is 1.78. The van der Waals surface area contributed by atoms with Crippen LogP contribution in [0.25, 0.3) is 0 Å². The van der Waals surface area contributed by atoms with Gasteiger partial charge in [-0.1, -0.05) is 25.1 Å². The molecule has 0 aromatic heterocycles. The Morgan fingerprint density at radius 1 is 1.10 bits per heavy atom. The molecular weight excluding hydrogens is 266 g/mol. The number of benzene rings is 1. The summed E-state index contributed by atoms with van der Waals surface area (Å²) in [5.74, 6) is 0.930. The minimum absolute atomic E-state index is 0.126. The summed E-state index contributed by atoms with van der Waals surface area (Å²) in [5, 5.41) is 3.31. The molecule has 0 amide bonds. The van der Waals surface area contributed by atoms with Crippen LogP contribution < -0.4 is 10.1 Å². The third kappa shape index (κ3) is 7.46. The monoisotopic (exact) mass is 295 g/mol. The smallest absolute Gasteiger partial charge is 0.123 e. The van der Waals surface area contributed by atoms with Gasteiger partial charge in [0.05, 0.1) is 12.2 Å². The van der Waals surface area contributed by atoms with Crippen molar-refractivity contribution in [3.63, 3.8) is 0 Å². The maximum Gasteiger partial charge on any atom is 0.123 e. The van der Waals surface area contributed by atoms with Crippen LogP contribution in [0, 0.1) is 0 Å². The number of ether oxygens (including phenoxy) is 3. The zero-order valence-corrected chi connectivity index (χ0v) is 13.8. The molecule has 0 atom stereocenters. The molecular formula is C17H29NO3. The Kier molecular flexibility index (Phi) is 8.35. The molecule has 0 spiro atoms. The second-order valence-corrected chi connectivity index (χ2v) is 5.56. The Morgan fingerprint density at radius 2 is 1.86 bits per heavy atom. The summed E-state index contributed by atoms with van der Waals surface area (Å²) in [6.45, 7) is 9.84. The van der Waals surface area contributed by atoms with Crippen LogP contribution in [0.4, 0.5) is 0 Å². The quantitative estimate of drug-likeness (QED) is 0.637. The Morgan fingerprint density at radius 3 is 2.57 bits per heavy atom. The first kappa shape index (κ1) is 18.0. The van der Waals surface area contributed by atoms with Gasteiger partial charge in [-0.2, -0.15) is 0 Å². The molecule has 0 fully saturated rings. The topological polar surface area (TPSA) is 39.7 Å². The Hall–Kier alpha value is -1.10. The number of hydrogen-bond donors (Lipinski definition) is 1. The minimum Gasteiger partial charge on any atom is -0.491 e. The van der Waals surface area contributed by atoms with Gasteiger partial charge in [-0.15, -0.1) is 0 Å². The molecule has 0 aliphatic heterocycles. The highest BCUT2D eigenvalue weighted by Crippen LogP contribution is 2.17. The van der Waals surface area contributed by atoms with Crippen molar-refractivity contribution in [2.75, 3.05) is 33.5 Å². The summed E-state index contributed by atoms with van der Waals surface area (Å²) in [4.78, 5) is 0. The summed E-state index contributed by atoms with van der Waals surface area (Å²) in [6.07, 6.45) is 0.876. The number of para-hydroxylation sites is 1. The molecule has 1 rings (SSSR count). The second kappa shape index (κ2) is 9.77. The summed E-state index contributed by atoms with van der Waals surface area (Å²) in [7, 11) is 1.73. The molecule has 4 nitrogen and oxygen atoms in total. The molecule has 0 unspecified atom stereocenters. The Balaban J connectivity index is 2.23. The van der Waals surface area contributed by atoms with E-state index < -0.39 is 0 Å². The van der Waals surface area contributed by atoms with Crippen molar-refractivity contribution in [3.8, 4) is 5.75 Å². The zero-order chi connectivity index (χ0) is 15.6. The van der Waals surface area contributed by atoms with E-state index in [2.05, 4.69) is 32.2 Å². The fourth-order valence-corrected chi connectivity index (χ4v) is 1.78. The van der Waals surface area contributed by atoms with Crippen LogP contribution in [0.1, 0.15) is 32.8 Å². The third-order valence-corrected chi connectivity index (χ3v) is 3.42. The second-order valence-electron chi connectivity index (χ2n) is 5.56. The number of methoxy groups -OCH3 is 1. The Labute approximate surface area is 128 Å². The van der Waals surface area contributed by atoms with E-state index in [0.717, 1.165) is 25.3 Å². The first-order valence-corrected chi connectivity index (χ1v) is 7.63. The van der Waals surface area contributed by atoms with Crippen LogP contribution >= 0.6 is 0 Å². The van der Waals surface area contributed by atoms with E-state index >= 15 is 0 Å². The lowest BCUT2D eigenvalue weighted by Crippen LogP contribution is -2.25. The van der Waals surface area contributed by atoms with Crippen molar-refractivity contribution in [2.45, 2.75) is 39.3 Å². The van der Waals surface area contributed by atoms with Crippen molar-refractivity contribution in [1.29, 1.82) is 0 Å². The highest BCUT2D eigenvalue weighted by Gasteiger charge is 2.15. The molecule has 0 heterocycles. The lowest BCUT2D eigenvalue weighted by atomic mass is 10.1. The van der Waals surface area contributed by atoms with E-state index in [4.69, 9.17) is 14.2 Å². The molecule has 0 aliphatic rings. The first-order valence-electron chi connectivity index (χ1n) is 7.63. The van der Waals surface area contributed by atoms with Crippen LogP contribution in [0.3, 0.4) is 0 Å². The number of hydrogen-bond acceptors (Lipinski definition) is 4. The molecule has 0 bridgehead atoms. The minimum atomic E-state index is -0.126. The van der Waals surface area contributed by atoms with Gasteiger partial charge >= 0.3 is 0 Å². The van der Waals surface area contributed by atoms with Crippen molar-refractivity contribution in [2.24, 2.45) is 0 Å². The summed E-state index contributed by atoms with van der Waals surface area (Å²) in [5.41, 5.74) is 1.05. The molecule has 0 aliphatic carbocycles. The number of rotatable bonds is 11. The van der Waals surface area contributed by atoms with Gasteiger partial charge in [0.1, 0.15) is 12.4 Å². The molecule has 1 aromatic carbocycles. The lowest BCUT2D eigenvalue weighted by molar-refractivity contribution is -0.0128. The molecule has 0 saturated carbocycles. The summed E-state index contributed by atoms with van der Waals surface area (Å²) < 4.78 is 16.7. The standard InChI is InChI=1S/C17H29NO3/c1-5-18-14-15-8-6-7-9-16(15)21-13-12-20-11-10-17(2,3)19-4/h6-9,18H,5,10-14H2,1-4H3. The maximum absolute atomic E-state index is 5.80. The van der Waals surface area contributed by atoms with E-state index in [-0.39, 0.29) is 5.60 Å². The molecule has 0 radical (unpaired) electrons. The van der Waals surface area contributed by atoms with Crippen LogP contribution in [0.5, 0.6) is 5.75 Å². The van der Waals surface area contributed by atoms with Crippen molar-refractivity contribution in [1.82, 2.24) is 5.32 Å². The van der Waals surface area contributed by atoms with Crippen molar-refractivity contribution >= 4 is 0 Å². The van der Waals surface area contributed by atoms with Crippen LogP contribution in [0.15, 0.2) is 24.3 Å².